The van der Waals surface area contributed by atoms with Gasteiger partial charge in [-0.15, -0.1) is 5.10 Å². The SMILES string of the molecule is Cc1nc(-c2nnn(C)c2COC(=O)N(C)C(C)(C)C)ccc1O[C@H]1CCC[C@H](C(=O)O)C1. The van der Waals surface area contributed by atoms with Gasteiger partial charge in [0.25, 0.3) is 0 Å². The van der Waals surface area contributed by atoms with E-state index in [1.807, 2.05) is 33.8 Å². The number of nitrogens with zero attached hydrogens (tertiary/aromatic N) is 5. The lowest BCUT2D eigenvalue weighted by Crippen LogP contribution is -2.42. The first kappa shape index (κ1) is 24.5. The summed E-state index contributed by atoms with van der Waals surface area (Å²) in [7, 11) is 3.43. The third-order valence-corrected chi connectivity index (χ3v) is 6.10. The summed E-state index contributed by atoms with van der Waals surface area (Å²) in [6, 6.07) is 3.61. The van der Waals surface area contributed by atoms with Gasteiger partial charge >= 0.3 is 12.1 Å². The first-order chi connectivity index (χ1) is 15.5. The molecule has 2 aromatic rings. The van der Waals surface area contributed by atoms with Gasteiger partial charge in [-0.3, -0.25) is 4.79 Å². The quantitative estimate of drug-likeness (QED) is 0.696. The Morgan fingerprint density at radius 2 is 2.00 bits per heavy atom. The zero-order valence-electron chi connectivity index (χ0n) is 20.2. The number of aliphatic carboxylic acids is 1. The number of aryl methyl sites for hydroxylation is 2. The van der Waals surface area contributed by atoms with Crippen LogP contribution in [0.3, 0.4) is 0 Å². The van der Waals surface area contributed by atoms with Crippen LogP contribution in [-0.2, 0) is 23.2 Å². The summed E-state index contributed by atoms with van der Waals surface area (Å²) in [6.07, 6.45) is 2.27. The highest BCUT2D eigenvalue weighted by Crippen LogP contribution is 2.30. The molecular formula is C23H33N5O5. The number of carbonyl (C=O) groups excluding carboxylic acids is 1. The minimum Gasteiger partial charge on any atom is -0.489 e. The predicted molar refractivity (Wildman–Crippen MR) is 121 cm³/mol. The Kier molecular flexibility index (Phi) is 7.24. The standard InChI is InChI=1S/C23H33N5O5/c1-14-19(33-16-9-7-8-15(12-16)21(29)30)11-10-17(24-14)20-18(28(6)26-25-20)13-32-22(31)27(5)23(2,3)4/h10-11,15-16H,7-9,12-13H2,1-6H3,(H,29,30)/t15-,16-/m0/s1. The maximum Gasteiger partial charge on any atom is 0.410 e. The van der Waals surface area contributed by atoms with E-state index in [1.54, 1.807) is 24.8 Å². The molecule has 2 atom stereocenters. The number of carbonyl (C=O) groups is 2. The highest BCUT2D eigenvalue weighted by Gasteiger charge is 2.29. The number of hydrogen-bond donors (Lipinski definition) is 1. The number of carboxylic acids is 1. The minimum absolute atomic E-state index is 0.00964. The van der Waals surface area contributed by atoms with Crippen molar-refractivity contribution < 1.29 is 24.2 Å². The number of amides is 1. The van der Waals surface area contributed by atoms with Gasteiger partial charge in [0.1, 0.15) is 23.7 Å². The maximum absolute atomic E-state index is 12.4. The zero-order valence-corrected chi connectivity index (χ0v) is 20.2. The zero-order chi connectivity index (χ0) is 24.3. The van der Waals surface area contributed by atoms with Crippen molar-refractivity contribution in [1.29, 1.82) is 0 Å². The second kappa shape index (κ2) is 9.76. The van der Waals surface area contributed by atoms with E-state index in [-0.39, 0.29) is 24.2 Å². The Hall–Kier alpha value is -3.17. The third-order valence-electron chi connectivity index (χ3n) is 6.10. The summed E-state index contributed by atoms with van der Waals surface area (Å²) < 4.78 is 13.1. The maximum atomic E-state index is 12.4. The van der Waals surface area contributed by atoms with Crippen molar-refractivity contribution in [2.75, 3.05) is 7.05 Å². The molecule has 180 valence electrons. The summed E-state index contributed by atoms with van der Waals surface area (Å²) in [5.41, 5.74) is 2.06. The molecule has 0 saturated heterocycles. The summed E-state index contributed by atoms with van der Waals surface area (Å²) >= 11 is 0. The van der Waals surface area contributed by atoms with E-state index >= 15 is 0 Å². The summed E-state index contributed by atoms with van der Waals surface area (Å²) in [5, 5.41) is 17.6. The number of carboxylic acid groups (broad SMARTS) is 1. The Morgan fingerprint density at radius 1 is 1.27 bits per heavy atom. The molecule has 33 heavy (non-hydrogen) atoms. The van der Waals surface area contributed by atoms with E-state index in [0.29, 0.717) is 41.4 Å². The number of rotatable bonds is 6. The van der Waals surface area contributed by atoms with Crippen LogP contribution in [0.25, 0.3) is 11.4 Å². The van der Waals surface area contributed by atoms with Crippen molar-refractivity contribution >= 4 is 12.1 Å². The molecular weight excluding hydrogens is 426 g/mol. The van der Waals surface area contributed by atoms with Crippen LogP contribution in [0.2, 0.25) is 0 Å². The second-order valence-electron chi connectivity index (χ2n) is 9.51. The van der Waals surface area contributed by atoms with E-state index in [4.69, 9.17) is 9.47 Å². The summed E-state index contributed by atoms with van der Waals surface area (Å²) in [4.78, 5) is 29.9. The largest absolute Gasteiger partial charge is 0.489 e. The van der Waals surface area contributed by atoms with Gasteiger partial charge in [0.05, 0.1) is 23.4 Å². The molecule has 2 heterocycles. The molecule has 0 bridgehead atoms. The number of pyridine rings is 1. The van der Waals surface area contributed by atoms with Gasteiger partial charge in [-0.2, -0.15) is 0 Å². The number of aromatic nitrogens is 4. The van der Waals surface area contributed by atoms with Gasteiger partial charge in [0, 0.05) is 19.6 Å². The smallest absolute Gasteiger partial charge is 0.410 e. The van der Waals surface area contributed by atoms with Crippen LogP contribution in [0.15, 0.2) is 12.1 Å². The molecule has 0 unspecified atom stereocenters. The second-order valence-corrected chi connectivity index (χ2v) is 9.51. The Labute approximate surface area is 193 Å². The molecule has 10 heteroatoms. The molecule has 1 amide bonds. The molecule has 2 aromatic heterocycles. The minimum atomic E-state index is -0.766. The van der Waals surface area contributed by atoms with Gasteiger partial charge in [0.2, 0.25) is 0 Å². The highest BCUT2D eigenvalue weighted by molar-refractivity contribution is 5.70. The molecule has 10 nitrogen and oxygen atoms in total. The van der Waals surface area contributed by atoms with Crippen LogP contribution in [0.5, 0.6) is 5.75 Å². The van der Waals surface area contributed by atoms with Crippen LogP contribution in [0.1, 0.15) is 57.8 Å². The lowest BCUT2D eigenvalue weighted by Gasteiger charge is -2.30. The first-order valence-corrected chi connectivity index (χ1v) is 11.1. The van der Waals surface area contributed by atoms with Gasteiger partial charge in [0.15, 0.2) is 0 Å². The molecule has 0 aliphatic heterocycles. The van der Waals surface area contributed by atoms with E-state index in [1.165, 1.54) is 4.90 Å². The average molecular weight is 460 g/mol. The van der Waals surface area contributed by atoms with E-state index in [9.17, 15) is 14.7 Å². The van der Waals surface area contributed by atoms with Crippen molar-refractivity contribution in [2.24, 2.45) is 13.0 Å². The summed E-state index contributed by atoms with van der Waals surface area (Å²) in [6.45, 7) is 7.63. The van der Waals surface area contributed by atoms with E-state index < -0.39 is 12.1 Å². The predicted octanol–water partition coefficient (Wildman–Crippen LogP) is 3.57. The average Bonchev–Trinajstić information content (AvgIpc) is 3.12. The molecule has 3 rings (SSSR count). The highest BCUT2D eigenvalue weighted by atomic mass is 16.6. The van der Waals surface area contributed by atoms with Gasteiger partial charge in [-0.25, -0.2) is 14.5 Å². The lowest BCUT2D eigenvalue weighted by molar-refractivity contribution is -0.143. The van der Waals surface area contributed by atoms with Crippen molar-refractivity contribution in [3.05, 3.63) is 23.5 Å². The Bertz CT molecular complexity index is 1010. The molecule has 1 aliphatic carbocycles. The molecule has 0 spiro atoms. The third kappa shape index (κ3) is 5.80. The van der Waals surface area contributed by atoms with Crippen molar-refractivity contribution in [2.45, 2.75) is 71.6 Å². The van der Waals surface area contributed by atoms with Crippen LogP contribution in [0.4, 0.5) is 4.79 Å². The van der Waals surface area contributed by atoms with Crippen LogP contribution in [0, 0.1) is 12.8 Å². The van der Waals surface area contributed by atoms with Gasteiger partial charge < -0.3 is 19.5 Å². The molecule has 0 radical (unpaired) electrons. The van der Waals surface area contributed by atoms with Crippen LogP contribution in [-0.4, -0.2) is 60.7 Å². The fraction of sp³-hybridized carbons (Fsp3) is 0.609. The molecule has 1 aliphatic rings. The van der Waals surface area contributed by atoms with Crippen LogP contribution < -0.4 is 4.74 Å². The molecule has 1 fully saturated rings. The Morgan fingerprint density at radius 3 is 2.64 bits per heavy atom. The number of hydrogen-bond acceptors (Lipinski definition) is 7. The van der Waals surface area contributed by atoms with Crippen molar-refractivity contribution in [1.82, 2.24) is 24.9 Å². The monoisotopic (exact) mass is 459 g/mol. The molecule has 1 N–H and O–H groups in total. The normalized spacial score (nSPS) is 18.6. The Balaban J connectivity index is 1.72. The van der Waals surface area contributed by atoms with Crippen molar-refractivity contribution in [3.63, 3.8) is 0 Å². The topological polar surface area (TPSA) is 120 Å². The first-order valence-electron chi connectivity index (χ1n) is 11.1. The van der Waals surface area contributed by atoms with Gasteiger partial charge in [-0.1, -0.05) is 5.21 Å². The fourth-order valence-corrected chi connectivity index (χ4v) is 3.70. The molecule has 1 saturated carbocycles. The molecule has 0 aromatic carbocycles. The van der Waals surface area contributed by atoms with Gasteiger partial charge in [-0.05, 0) is 65.5 Å². The van der Waals surface area contributed by atoms with Crippen LogP contribution >= 0.6 is 0 Å². The van der Waals surface area contributed by atoms with E-state index in [2.05, 4.69) is 15.3 Å². The number of ether oxygens (including phenoxy) is 2. The lowest BCUT2D eigenvalue weighted by atomic mass is 9.87. The summed E-state index contributed by atoms with van der Waals surface area (Å²) in [5.74, 6) is -0.505. The fourth-order valence-electron chi connectivity index (χ4n) is 3.70. The van der Waals surface area contributed by atoms with Crippen molar-refractivity contribution in [3.8, 4) is 17.1 Å². The van der Waals surface area contributed by atoms with E-state index in [0.717, 1.165) is 12.8 Å².